The van der Waals surface area contributed by atoms with E-state index in [1.807, 2.05) is 12.1 Å². The number of esters is 1. The van der Waals surface area contributed by atoms with E-state index in [4.69, 9.17) is 14.2 Å². The van der Waals surface area contributed by atoms with Crippen molar-refractivity contribution < 1.29 is 19.0 Å². The van der Waals surface area contributed by atoms with Gasteiger partial charge in [-0.2, -0.15) is 0 Å². The van der Waals surface area contributed by atoms with Crippen LogP contribution in [-0.4, -0.2) is 26.8 Å². The van der Waals surface area contributed by atoms with Gasteiger partial charge in [0.25, 0.3) is 0 Å². The Balaban J connectivity index is 3.02. The highest BCUT2D eigenvalue weighted by Crippen LogP contribution is 2.26. The molecule has 0 saturated carbocycles. The van der Waals surface area contributed by atoms with Gasteiger partial charge in [-0.25, -0.2) is 4.79 Å². The zero-order valence-electron chi connectivity index (χ0n) is 11.1. The van der Waals surface area contributed by atoms with Crippen molar-refractivity contribution in [3.05, 3.63) is 29.3 Å². The van der Waals surface area contributed by atoms with Crippen LogP contribution < -0.4 is 9.47 Å². The van der Waals surface area contributed by atoms with Gasteiger partial charge in [0.1, 0.15) is 11.5 Å². The summed E-state index contributed by atoms with van der Waals surface area (Å²) >= 11 is 0. The second-order valence-electron chi connectivity index (χ2n) is 3.66. The second-order valence-corrected chi connectivity index (χ2v) is 3.66. The van der Waals surface area contributed by atoms with Crippen LogP contribution in [0.2, 0.25) is 0 Å². The van der Waals surface area contributed by atoms with E-state index in [0.29, 0.717) is 23.7 Å². The third-order valence-electron chi connectivity index (χ3n) is 2.41. The minimum Gasteiger partial charge on any atom is -0.497 e. The van der Waals surface area contributed by atoms with Crippen molar-refractivity contribution in [2.75, 3.05) is 20.8 Å². The van der Waals surface area contributed by atoms with Crippen molar-refractivity contribution in [1.82, 2.24) is 0 Å². The predicted molar refractivity (Wildman–Crippen MR) is 69.8 cm³/mol. The quantitative estimate of drug-likeness (QED) is 0.595. The maximum absolute atomic E-state index is 11.5. The number of carbonyl (C=O) groups is 1. The molecule has 4 nitrogen and oxygen atoms in total. The molecule has 0 unspecified atom stereocenters. The van der Waals surface area contributed by atoms with Gasteiger partial charge in [0.05, 0.1) is 20.8 Å². The average Bonchev–Trinajstić information content (AvgIpc) is 2.39. The average molecular weight is 250 g/mol. The lowest BCUT2D eigenvalue weighted by atomic mass is 10.1. The molecule has 0 fully saturated rings. The first-order chi connectivity index (χ1) is 8.62. The Bertz CT molecular complexity index is 449. The van der Waals surface area contributed by atoms with Crippen molar-refractivity contribution in [2.24, 2.45) is 0 Å². The zero-order chi connectivity index (χ0) is 13.5. The molecule has 1 aromatic rings. The normalized spacial score (nSPS) is 11.0. The standard InChI is InChI=1S/C14H18O4/c1-5-18-14(15)10(2)8-11-6-7-12(16-3)9-13(11)17-4/h6-9H,5H2,1-4H3. The van der Waals surface area contributed by atoms with Crippen molar-refractivity contribution in [3.63, 3.8) is 0 Å². The Hall–Kier alpha value is -1.97. The molecule has 0 heterocycles. The molecule has 0 atom stereocenters. The fraction of sp³-hybridized carbons (Fsp3) is 0.357. The molecule has 0 aliphatic rings. The van der Waals surface area contributed by atoms with Gasteiger partial charge in [-0.15, -0.1) is 0 Å². The number of methoxy groups -OCH3 is 2. The lowest BCUT2D eigenvalue weighted by Gasteiger charge is -2.08. The van der Waals surface area contributed by atoms with Crippen LogP contribution in [0.3, 0.4) is 0 Å². The van der Waals surface area contributed by atoms with Crippen LogP contribution in [0.15, 0.2) is 23.8 Å². The summed E-state index contributed by atoms with van der Waals surface area (Å²) in [5.74, 6) is 1.03. The summed E-state index contributed by atoms with van der Waals surface area (Å²) in [7, 11) is 3.17. The number of rotatable bonds is 5. The Morgan fingerprint density at radius 1 is 1.28 bits per heavy atom. The van der Waals surface area contributed by atoms with Crippen LogP contribution in [0, 0.1) is 0 Å². The summed E-state index contributed by atoms with van der Waals surface area (Å²) in [5, 5.41) is 0. The first-order valence-corrected chi connectivity index (χ1v) is 5.69. The van der Waals surface area contributed by atoms with E-state index in [1.165, 1.54) is 0 Å². The van der Waals surface area contributed by atoms with Crippen LogP contribution in [0.4, 0.5) is 0 Å². The van der Waals surface area contributed by atoms with Gasteiger partial charge in [-0.05, 0) is 32.1 Å². The largest absolute Gasteiger partial charge is 0.497 e. The molecule has 4 heteroatoms. The fourth-order valence-electron chi connectivity index (χ4n) is 1.47. The summed E-state index contributed by atoms with van der Waals surface area (Å²) in [6.45, 7) is 3.85. The van der Waals surface area contributed by atoms with Gasteiger partial charge in [-0.3, -0.25) is 0 Å². The van der Waals surface area contributed by atoms with Crippen molar-refractivity contribution in [3.8, 4) is 11.5 Å². The van der Waals surface area contributed by atoms with Gasteiger partial charge in [-0.1, -0.05) is 0 Å². The van der Waals surface area contributed by atoms with Gasteiger partial charge >= 0.3 is 5.97 Å². The summed E-state index contributed by atoms with van der Waals surface area (Å²) in [6.07, 6.45) is 1.73. The SMILES string of the molecule is CCOC(=O)C(C)=Cc1ccc(OC)cc1OC. The molecular formula is C14H18O4. The molecule has 0 aliphatic carbocycles. The topological polar surface area (TPSA) is 44.8 Å². The molecule has 0 spiro atoms. The number of benzene rings is 1. The third kappa shape index (κ3) is 3.52. The van der Waals surface area contributed by atoms with Crippen LogP contribution >= 0.6 is 0 Å². The highest BCUT2D eigenvalue weighted by Gasteiger charge is 2.08. The molecule has 0 amide bonds. The number of hydrogen-bond acceptors (Lipinski definition) is 4. The first kappa shape index (κ1) is 14.1. The number of hydrogen-bond donors (Lipinski definition) is 0. The van der Waals surface area contributed by atoms with Gasteiger partial charge in [0, 0.05) is 17.2 Å². The number of ether oxygens (including phenoxy) is 3. The Morgan fingerprint density at radius 3 is 2.56 bits per heavy atom. The highest BCUT2D eigenvalue weighted by atomic mass is 16.5. The lowest BCUT2D eigenvalue weighted by molar-refractivity contribution is -0.138. The van der Waals surface area contributed by atoms with E-state index in [0.717, 1.165) is 5.56 Å². The third-order valence-corrected chi connectivity index (χ3v) is 2.41. The second kappa shape index (κ2) is 6.69. The van der Waals surface area contributed by atoms with Gasteiger partial charge in [0.2, 0.25) is 0 Å². The highest BCUT2D eigenvalue weighted by molar-refractivity contribution is 5.93. The maximum atomic E-state index is 11.5. The smallest absolute Gasteiger partial charge is 0.333 e. The summed E-state index contributed by atoms with van der Waals surface area (Å²) in [5.41, 5.74) is 1.34. The van der Waals surface area contributed by atoms with E-state index in [1.54, 1.807) is 40.2 Å². The summed E-state index contributed by atoms with van der Waals surface area (Å²) < 4.78 is 15.3. The van der Waals surface area contributed by atoms with E-state index in [2.05, 4.69) is 0 Å². The molecule has 1 aromatic carbocycles. The van der Waals surface area contributed by atoms with Gasteiger partial charge in [0.15, 0.2) is 0 Å². The summed E-state index contributed by atoms with van der Waals surface area (Å²) in [4.78, 5) is 11.5. The lowest BCUT2D eigenvalue weighted by Crippen LogP contribution is -2.05. The monoisotopic (exact) mass is 250 g/mol. The van der Waals surface area contributed by atoms with Crippen molar-refractivity contribution in [1.29, 1.82) is 0 Å². The molecule has 0 aliphatic heterocycles. The van der Waals surface area contributed by atoms with Gasteiger partial charge < -0.3 is 14.2 Å². The Kier molecular flexibility index (Phi) is 5.24. The maximum Gasteiger partial charge on any atom is 0.333 e. The van der Waals surface area contributed by atoms with Crippen LogP contribution in [0.25, 0.3) is 6.08 Å². The van der Waals surface area contributed by atoms with Crippen LogP contribution in [-0.2, 0) is 9.53 Å². The molecule has 0 saturated heterocycles. The molecule has 0 radical (unpaired) electrons. The van der Waals surface area contributed by atoms with Crippen molar-refractivity contribution in [2.45, 2.75) is 13.8 Å². The summed E-state index contributed by atoms with van der Waals surface area (Å²) in [6, 6.07) is 5.41. The van der Waals surface area contributed by atoms with E-state index < -0.39 is 0 Å². The molecule has 18 heavy (non-hydrogen) atoms. The molecular weight excluding hydrogens is 232 g/mol. The minimum atomic E-state index is -0.324. The van der Waals surface area contributed by atoms with Crippen molar-refractivity contribution >= 4 is 12.0 Å². The minimum absolute atomic E-state index is 0.324. The Morgan fingerprint density at radius 2 is 2.00 bits per heavy atom. The first-order valence-electron chi connectivity index (χ1n) is 5.69. The van der Waals surface area contributed by atoms with E-state index in [-0.39, 0.29) is 5.97 Å². The number of carbonyl (C=O) groups excluding carboxylic acids is 1. The molecule has 0 N–H and O–H groups in total. The Labute approximate surface area is 107 Å². The predicted octanol–water partition coefficient (Wildman–Crippen LogP) is 2.67. The van der Waals surface area contributed by atoms with Crippen LogP contribution in [0.1, 0.15) is 19.4 Å². The van der Waals surface area contributed by atoms with E-state index in [9.17, 15) is 4.79 Å². The van der Waals surface area contributed by atoms with Crippen LogP contribution in [0.5, 0.6) is 11.5 Å². The molecule has 98 valence electrons. The van der Waals surface area contributed by atoms with E-state index >= 15 is 0 Å². The molecule has 0 aromatic heterocycles. The molecule has 1 rings (SSSR count). The zero-order valence-corrected chi connectivity index (χ0v) is 11.1. The fourth-order valence-corrected chi connectivity index (χ4v) is 1.47. The molecule has 0 bridgehead atoms.